The maximum absolute atomic E-state index is 7.03. The Kier molecular flexibility index (Phi) is 2.42. The molecule has 0 spiro atoms. The van der Waals surface area contributed by atoms with Gasteiger partial charge in [-0.2, -0.15) is 0 Å². The SMILES string of the molecule is NP1(c2ccoc2)(c2ccoc2)CCCCC1. The third kappa shape index (κ3) is 1.50. The Bertz CT molecular complexity index is 445. The van der Waals surface area contributed by atoms with Gasteiger partial charge >= 0.3 is 100 Å². The quantitative estimate of drug-likeness (QED) is 0.834. The average molecular weight is 251 g/mol. The molecular formula is C13H18NO2P. The van der Waals surface area contributed by atoms with Crippen LogP contribution in [0.25, 0.3) is 0 Å². The molecule has 0 radical (unpaired) electrons. The van der Waals surface area contributed by atoms with Crippen LogP contribution in [0, 0.1) is 0 Å². The van der Waals surface area contributed by atoms with Crippen LogP contribution in [0.15, 0.2) is 46.0 Å². The van der Waals surface area contributed by atoms with E-state index in [1.54, 1.807) is 12.5 Å². The van der Waals surface area contributed by atoms with Crippen molar-refractivity contribution in [2.45, 2.75) is 19.3 Å². The minimum absolute atomic E-state index is 1.07. The summed E-state index contributed by atoms with van der Waals surface area (Å²) in [6.07, 6.45) is 12.9. The number of nitrogens with two attached hydrogens (primary N) is 1. The molecule has 1 aliphatic rings. The van der Waals surface area contributed by atoms with Crippen molar-refractivity contribution in [3.63, 3.8) is 0 Å². The van der Waals surface area contributed by atoms with Crippen LogP contribution >= 0.6 is 6.75 Å². The fraction of sp³-hybridized carbons (Fsp3) is 0.385. The van der Waals surface area contributed by atoms with Crippen molar-refractivity contribution >= 4 is 17.4 Å². The van der Waals surface area contributed by atoms with Gasteiger partial charge in [0.1, 0.15) is 0 Å². The molecule has 2 N–H and O–H groups in total. The summed E-state index contributed by atoms with van der Waals surface area (Å²) in [5.74, 6) is 0. The number of furan rings is 2. The standard InChI is InChI=1S/C13H18NO2P/c14-17(8-2-1-3-9-17,12-4-6-15-10-12)13-5-7-16-11-13/h4-7,10-11H,1-3,8-9,14H2. The van der Waals surface area contributed by atoms with Crippen LogP contribution in [0.2, 0.25) is 0 Å². The fourth-order valence-corrected chi connectivity index (χ4v) is 8.01. The minimum atomic E-state index is -2.51. The van der Waals surface area contributed by atoms with E-state index in [1.165, 1.54) is 29.9 Å². The molecule has 2 aromatic rings. The molecule has 3 rings (SSSR count). The van der Waals surface area contributed by atoms with Crippen LogP contribution in [0.4, 0.5) is 0 Å². The first-order valence-electron chi connectivity index (χ1n) is 6.10. The van der Waals surface area contributed by atoms with E-state index in [2.05, 4.69) is 0 Å². The monoisotopic (exact) mass is 251 g/mol. The molecule has 0 atom stereocenters. The van der Waals surface area contributed by atoms with Crippen molar-refractivity contribution in [1.29, 1.82) is 0 Å². The van der Waals surface area contributed by atoms with Crippen LogP contribution in [-0.4, -0.2) is 12.3 Å². The van der Waals surface area contributed by atoms with Crippen LogP contribution in [0.1, 0.15) is 19.3 Å². The molecule has 17 heavy (non-hydrogen) atoms. The van der Waals surface area contributed by atoms with E-state index in [9.17, 15) is 0 Å². The fourth-order valence-electron chi connectivity index (χ4n) is 3.05. The summed E-state index contributed by atoms with van der Waals surface area (Å²) in [5.41, 5.74) is 7.03. The van der Waals surface area contributed by atoms with Gasteiger partial charge in [0.05, 0.1) is 0 Å². The summed E-state index contributed by atoms with van der Waals surface area (Å²) in [6, 6.07) is 4.08. The molecule has 0 amide bonds. The topological polar surface area (TPSA) is 52.3 Å². The zero-order valence-electron chi connectivity index (χ0n) is 9.84. The molecule has 0 bridgehead atoms. The summed E-state index contributed by atoms with van der Waals surface area (Å²) in [5, 5.41) is 2.38. The molecule has 0 saturated carbocycles. The van der Waals surface area contributed by atoms with Crippen molar-refractivity contribution in [1.82, 2.24) is 0 Å². The van der Waals surface area contributed by atoms with E-state index < -0.39 is 6.75 Å². The molecule has 3 heterocycles. The van der Waals surface area contributed by atoms with Gasteiger partial charge in [0, 0.05) is 0 Å². The van der Waals surface area contributed by atoms with E-state index in [-0.39, 0.29) is 0 Å². The molecule has 0 aliphatic carbocycles. The number of rotatable bonds is 2. The van der Waals surface area contributed by atoms with E-state index >= 15 is 0 Å². The molecule has 92 valence electrons. The van der Waals surface area contributed by atoms with Gasteiger partial charge < -0.3 is 0 Å². The van der Waals surface area contributed by atoms with Gasteiger partial charge in [-0.25, -0.2) is 0 Å². The zero-order chi connectivity index (χ0) is 11.8. The molecule has 1 aliphatic heterocycles. The molecule has 2 aromatic heterocycles. The molecule has 3 nitrogen and oxygen atoms in total. The molecule has 1 saturated heterocycles. The second kappa shape index (κ2) is 3.72. The Morgan fingerprint density at radius 2 is 1.41 bits per heavy atom. The normalized spacial score (nSPS) is 24.9. The van der Waals surface area contributed by atoms with Gasteiger partial charge in [-0.15, -0.1) is 0 Å². The number of hydrogen-bond acceptors (Lipinski definition) is 3. The summed E-state index contributed by atoms with van der Waals surface area (Å²) in [4.78, 5) is 0. The maximum atomic E-state index is 7.03. The van der Waals surface area contributed by atoms with Gasteiger partial charge in [0.15, 0.2) is 0 Å². The Hall–Kier alpha value is -1.05. The van der Waals surface area contributed by atoms with Crippen molar-refractivity contribution in [2.75, 3.05) is 12.3 Å². The van der Waals surface area contributed by atoms with E-state index in [1.807, 2.05) is 24.7 Å². The Balaban J connectivity index is 2.20. The van der Waals surface area contributed by atoms with Crippen molar-refractivity contribution in [3.05, 3.63) is 37.2 Å². The van der Waals surface area contributed by atoms with Gasteiger partial charge in [-0.05, 0) is 0 Å². The second-order valence-corrected chi connectivity index (χ2v) is 10.2. The second-order valence-electron chi connectivity index (χ2n) is 5.06. The predicted molar refractivity (Wildman–Crippen MR) is 71.4 cm³/mol. The molecular weight excluding hydrogens is 233 g/mol. The Labute approximate surface area is 101 Å². The van der Waals surface area contributed by atoms with Gasteiger partial charge in [0.25, 0.3) is 0 Å². The van der Waals surface area contributed by atoms with Crippen LogP contribution in [0.5, 0.6) is 0 Å². The predicted octanol–water partition coefficient (Wildman–Crippen LogP) is 2.43. The van der Waals surface area contributed by atoms with E-state index in [4.69, 9.17) is 14.3 Å². The molecule has 4 heteroatoms. The van der Waals surface area contributed by atoms with Crippen LogP contribution in [0.3, 0.4) is 0 Å². The van der Waals surface area contributed by atoms with Crippen LogP contribution in [-0.2, 0) is 0 Å². The first-order valence-corrected chi connectivity index (χ1v) is 8.78. The third-order valence-corrected chi connectivity index (χ3v) is 9.89. The first-order chi connectivity index (χ1) is 8.23. The molecule has 1 fully saturated rings. The average Bonchev–Trinajstić information content (AvgIpc) is 3.05. The van der Waals surface area contributed by atoms with Crippen molar-refractivity contribution in [2.24, 2.45) is 5.50 Å². The van der Waals surface area contributed by atoms with E-state index in [0.717, 1.165) is 12.3 Å². The Morgan fingerprint density at radius 3 is 1.82 bits per heavy atom. The summed E-state index contributed by atoms with van der Waals surface area (Å²) >= 11 is 0. The summed E-state index contributed by atoms with van der Waals surface area (Å²) in [7, 11) is 0. The van der Waals surface area contributed by atoms with Crippen molar-refractivity contribution < 1.29 is 8.83 Å². The van der Waals surface area contributed by atoms with E-state index in [0.29, 0.717) is 0 Å². The van der Waals surface area contributed by atoms with Gasteiger partial charge in [0.2, 0.25) is 0 Å². The zero-order valence-corrected chi connectivity index (χ0v) is 10.7. The van der Waals surface area contributed by atoms with Crippen molar-refractivity contribution in [3.8, 4) is 0 Å². The molecule has 0 aromatic carbocycles. The summed E-state index contributed by atoms with van der Waals surface area (Å²) < 4.78 is 10.6. The third-order valence-electron chi connectivity index (χ3n) is 4.14. The van der Waals surface area contributed by atoms with Gasteiger partial charge in [-0.1, -0.05) is 0 Å². The van der Waals surface area contributed by atoms with Crippen LogP contribution < -0.4 is 16.1 Å². The first kappa shape index (κ1) is 11.1. The number of hydrogen-bond donors (Lipinski definition) is 1. The summed E-state index contributed by atoms with van der Waals surface area (Å²) in [6.45, 7) is -2.51. The Morgan fingerprint density at radius 1 is 0.882 bits per heavy atom. The van der Waals surface area contributed by atoms with Gasteiger partial charge in [-0.3, -0.25) is 0 Å². The molecule has 0 unspecified atom stereocenters.